The van der Waals surface area contributed by atoms with Crippen LogP contribution >= 0.6 is 11.3 Å². The fourth-order valence-electron chi connectivity index (χ4n) is 2.68. The van der Waals surface area contributed by atoms with E-state index in [1.54, 1.807) is 0 Å². The third-order valence-corrected chi connectivity index (χ3v) is 4.97. The SMILES string of the molecule is CCC1CCN(c2nc(-c3ccccc3)c(C=O)s2)C1. The van der Waals surface area contributed by atoms with Crippen molar-refractivity contribution in [1.29, 1.82) is 0 Å². The van der Waals surface area contributed by atoms with Crippen molar-refractivity contribution in [1.82, 2.24) is 4.98 Å². The lowest BCUT2D eigenvalue weighted by Gasteiger charge is -2.13. The van der Waals surface area contributed by atoms with Gasteiger partial charge in [0, 0.05) is 18.7 Å². The van der Waals surface area contributed by atoms with Crippen LogP contribution in [0.2, 0.25) is 0 Å². The van der Waals surface area contributed by atoms with E-state index in [4.69, 9.17) is 4.98 Å². The summed E-state index contributed by atoms with van der Waals surface area (Å²) in [5.74, 6) is 0.763. The van der Waals surface area contributed by atoms with Gasteiger partial charge >= 0.3 is 0 Å². The Morgan fingerprint density at radius 2 is 2.20 bits per heavy atom. The van der Waals surface area contributed by atoms with E-state index in [9.17, 15) is 4.79 Å². The lowest BCUT2D eigenvalue weighted by molar-refractivity contribution is 0.112. The molecule has 20 heavy (non-hydrogen) atoms. The molecule has 1 aromatic carbocycles. The van der Waals surface area contributed by atoms with Crippen LogP contribution < -0.4 is 4.90 Å². The zero-order valence-electron chi connectivity index (χ0n) is 11.6. The molecule has 1 aromatic heterocycles. The summed E-state index contributed by atoms with van der Waals surface area (Å²) in [6.07, 6.45) is 3.37. The van der Waals surface area contributed by atoms with Crippen LogP contribution in [0, 0.1) is 5.92 Å². The van der Waals surface area contributed by atoms with Gasteiger partial charge in [0.1, 0.15) is 0 Å². The van der Waals surface area contributed by atoms with Gasteiger partial charge in [-0.2, -0.15) is 0 Å². The van der Waals surface area contributed by atoms with E-state index in [-0.39, 0.29) is 0 Å². The monoisotopic (exact) mass is 286 g/mol. The molecule has 2 aromatic rings. The summed E-state index contributed by atoms with van der Waals surface area (Å²) in [4.78, 5) is 19.1. The number of nitrogens with zero attached hydrogens (tertiary/aromatic N) is 2. The Morgan fingerprint density at radius 1 is 1.40 bits per heavy atom. The maximum atomic E-state index is 11.3. The van der Waals surface area contributed by atoms with Gasteiger partial charge in [0.25, 0.3) is 0 Å². The minimum Gasteiger partial charge on any atom is -0.348 e. The molecule has 1 unspecified atom stereocenters. The molecular formula is C16H18N2OS. The molecule has 3 rings (SSSR count). The van der Waals surface area contributed by atoms with Gasteiger partial charge in [-0.3, -0.25) is 4.79 Å². The van der Waals surface area contributed by atoms with Crippen molar-refractivity contribution >= 4 is 22.8 Å². The maximum Gasteiger partial charge on any atom is 0.186 e. The summed E-state index contributed by atoms with van der Waals surface area (Å²) in [7, 11) is 0. The first kappa shape index (κ1) is 13.3. The summed E-state index contributed by atoms with van der Waals surface area (Å²) >= 11 is 1.51. The number of aldehydes is 1. The first-order valence-electron chi connectivity index (χ1n) is 7.08. The van der Waals surface area contributed by atoms with Gasteiger partial charge in [0.2, 0.25) is 0 Å². The average Bonchev–Trinajstić information content (AvgIpc) is 3.14. The van der Waals surface area contributed by atoms with Crippen molar-refractivity contribution < 1.29 is 4.79 Å². The summed E-state index contributed by atoms with van der Waals surface area (Å²) < 4.78 is 0. The van der Waals surface area contributed by atoms with Crippen LogP contribution in [0.25, 0.3) is 11.3 Å². The van der Waals surface area contributed by atoms with E-state index in [2.05, 4.69) is 11.8 Å². The highest BCUT2D eigenvalue weighted by Gasteiger charge is 2.24. The zero-order valence-corrected chi connectivity index (χ0v) is 12.4. The Hall–Kier alpha value is -1.68. The molecule has 0 aliphatic carbocycles. The van der Waals surface area contributed by atoms with Crippen LogP contribution in [0.3, 0.4) is 0 Å². The Balaban J connectivity index is 1.92. The predicted molar refractivity (Wildman–Crippen MR) is 83.5 cm³/mol. The topological polar surface area (TPSA) is 33.2 Å². The number of carbonyl (C=O) groups excluding carboxylic acids is 1. The Kier molecular flexibility index (Phi) is 3.83. The lowest BCUT2D eigenvalue weighted by atomic mass is 10.1. The number of hydrogen-bond donors (Lipinski definition) is 0. The predicted octanol–water partition coefficient (Wildman–Crippen LogP) is 3.86. The number of aromatic nitrogens is 1. The van der Waals surface area contributed by atoms with Crippen molar-refractivity contribution in [2.24, 2.45) is 5.92 Å². The second-order valence-corrected chi connectivity index (χ2v) is 6.21. The number of hydrogen-bond acceptors (Lipinski definition) is 4. The first-order valence-corrected chi connectivity index (χ1v) is 7.89. The van der Waals surface area contributed by atoms with E-state index in [0.717, 1.165) is 46.6 Å². The molecule has 104 valence electrons. The molecule has 1 atom stereocenters. The molecule has 0 radical (unpaired) electrons. The van der Waals surface area contributed by atoms with Crippen molar-refractivity contribution in [3.8, 4) is 11.3 Å². The molecule has 1 aliphatic rings. The Morgan fingerprint density at radius 3 is 2.85 bits per heavy atom. The van der Waals surface area contributed by atoms with Crippen LogP contribution in [-0.4, -0.2) is 24.4 Å². The molecule has 0 N–H and O–H groups in total. The summed E-state index contributed by atoms with van der Waals surface area (Å²) in [6, 6.07) is 9.94. The van der Waals surface area contributed by atoms with E-state index in [1.165, 1.54) is 24.2 Å². The molecule has 1 fully saturated rings. The maximum absolute atomic E-state index is 11.3. The van der Waals surface area contributed by atoms with E-state index in [0.29, 0.717) is 0 Å². The number of thiazole rings is 1. The molecule has 1 saturated heterocycles. The Labute approximate surface area is 123 Å². The standard InChI is InChI=1S/C16H18N2OS/c1-2-12-8-9-18(10-12)16-17-15(14(11-19)20-16)13-6-4-3-5-7-13/h3-7,11-12H,2,8-10H2,1H3. The highest BCUT2D eigenvalue weighted by atomic mass is 32.1. The van der Waals surface area contributed by atoms with Crippen LogP contribution in [-0.2, 0) is 0 Å². The molecule has 1 aliphatic heterocycles. The molecule has 0 spiro atoms. The third-order valence-electron chi connectivity index (χ3n) is 3.93. The average molecular weight is 286 g/mol. The highest BCUT2D eigenvalue weighted by molar-refractivity contribution is 7.17. The number of rotatable bonds is 4. The quantitative estimate of drug-likeness (QED) is 0.800. The van der Waals surface area contributed by atoms with Crippen molar-refractivity contribution in [3.63, 3.8) is 0 Å². The molecule has 2 heterocycles. The number of carbonyl (C=O) groups is 1. The fourth-order valence-corrected chi connectivity index (χ4v) is 3.61. The first-order chi connectivity index (χ1) is 9.81. The normalized spacial score (nSPS) is 18.4. The minimum absolute atomic E-state index is 0.728. The summed E-state index contributed by atoms with van der Waals surface area (Å²) in [6.45, 7) is 4.36. The smallest absolute Gasteiger partial charge is 0.186 e. The van der Waals surface area contributed by atoms with E-state index in [1.807, 2.05) is 30.3 Å². The van der Waals surface area contributed by atoms with Crippen molar-refractivity contribution in [2.45, 2.75) is 19.8 Å². The Bertz CT molecular complexity index is 594. The lowest BCUT2D eigenvalue weighted by Crippen LogP contribution is -2.19. The van der Waals surface area contributed by atoms with Gasteiger partial charge in [0.15, 0.2) is 11.4 Å². The number of anilines is 1. The highest BCUT2D eigenvalue weighted by Crippen LogP contribution is 2.34. The molecule has 0 saturated carbocycles. The summed E-state index contributed by atoms with van der Waals surface area (Å²) in [5.41, 5.74) is 1.84. The van der Waals surface area contributed by atoms with Gasteiger partial charge in [-0.1, -0.05) is 55.0 Å². The summed E-state index contributed by atoms with van der Waals surface area (Å²) in [5, 5.41) is 0.988. The van der Waals surface area contributed by atoms with Gasteiger partial charge < -0.3 is 4.90 Å². The van der Waals surface area contributed by atoms with Crippen molar-refractivity contribution in [3.05, 3.63) is 35.2 Å². The van der Waals surface area contributed by atoms with E-state index >= 15 is 0 Å². The second-order valence-electron chi connectivity index (χ2n) is 5.20. The largest absolute Gasteiger partial charge is 0.348 e. The minimum atomic E-state index is 0.728. The molecule has 0 bridgehead atoms. The van der Waals surface area contributed by atoms with Crippen LogP contribution in [0.4, 0.5) is 5.13 Å². The third kappa shape index (κ3) is 2.48. The molecule has 3 nitrogen and oxygen atoms in total. The van der Waals surface area contributed by atoms with E-state index < -0.39 is 0 Å². The fraction of sp³-hybridized carbons (Fsp3) is 0.375. The van der Waals surface area contributed by atoms with Crippen LogP contribution in [0.15, 0.2) is 30.3 Å². The van der Waals surface area contributed by atoms with Crippen molar-refractivity contribution in [2.75, 3.05) is 18.0 Å². The second kappa shape index (κ2) is 5.75. The molecule has 0 amide bonds. The molecule has 4 heteroatoms. The zero-order chi connectivity index (χ0) is 13.9. The van der Waals surface area contributed by atoms with Crippen LogP contribution in [0.1, 0.15) is 29.4 Å². The van der Waals surface area contributed by atoms with Gasteiger partial charge in [-0.25, -0.2) is 4.98 Å². The van der Waals surface area contributed by atoms with Gasteiger partial charge in [-0.15, -0.1) is 0 Å². The van der Waals surface area contributed by atoms with Gasteiger partial charge in [0.05, 0.1) is 10.6 Å². The number of benzene rings is 1. The van der Waals surface area contributed by atoms with Gasteiger partial charge in [-0.05, 0) is 12.3 Å². The molecular weight excluding hydrogens is 268 g/mol. The van der Waals surface area contributed by atoms with Crippen LogP contribution in [0.5, 0.6) is 0 Å².